The zero-order valence-electron chi connectivity index (χ0n) is 15.4. The van der Waals surface area contributed by atoms with E-state index in [0.717, 1.165) is 11.3 Å². The molecule has 4 rings (SSSR count). The standard InChI is InChI=1S/C20H20N2O5S/c1-26-19(25)16-7-6-15(28-16)18(24)22-10-8-20(9-11-22)12-21-17(23)13-4-2-3-5-14(13)27-20/h2-7H,8-12H2,1H3,(H,21,23). The van der Waals surface area contributed by atoms with Gasteiger partial charge in [-0.15, -0.1) is 11.3 Å². The lowest BCUT2D eigenvalue weighted by Crippen LogP contribution is -2.54. The van der Waals surface area contributed by atoms with Gasteiger partial charge in [-0.1, -0.05) is 12.1 Å². The van der Waals surface area contributed by atoms with Crippen LogP contribution in [-0.2, 0) is 4.74 Å². The van der Waals surface area contributed by atoms with Crippen LogP contribution in [0, 0.1) is 0 Å². The lowest BCUT2D eigenvalue weighted by molar-refractivity contribution is 0.00787. The quantitative estimate of drug-likeness (QED) is 0.782. The zero-order valence-corrected chi connectivity index (χ0v) is 16.2. The molecule has 146 valence electrons. The summed E-state index contributed by atoms with van der Waals surface area (Å²) < 4.78 is 11.0. The van der Waals surface area contributed by atoms with Gasteiger partial charge >= 0.3 is 5.97 Å². The molecule has 0 radical (unpaired) electrons. The number of nitrogens with zero attached hydrogens (tertiary/aromatic N) is 1. The molecule has 1 saturated heterocycles. The minimum absolute atomic E-state index is 0.104. The fourth-order valence-electron chi connectivity index (χ4n) is 3.56. The van der Waals surface area contributed by atoms with Crippen molar-refractivity contribution in [2.24, 2.45) is 0 Å². The number of carbonyl (C=O) groups is 3. The van der Waals surface area contributed by atoms with Crippen LogP contribution in [0.15, 0.2) is 36.4 Å². The third-order valence-corrected chi connectivity index (χ3v) is 6.25. The number of para-hydroxylation sites is 1. The third-order valence-electron chi connectivity index (χ3n) is 5.19. The first-order chi connectivity index (χ1) is 13.5. The zero-order chi connectivity index (χ0) is 19.7. The van der Waals surface area contributed by atoms with E-state index in [0.29, 0.717) is 53.5 Å². The van der Waals surface area contributed by atoms with Crippen LogP contribution in [0.4, 0.5) is 0 Å². The fraction of sp³-hybridized carbons (Fsp3) is 0.350. The molecule has 1 fully saturated rings. The van der Waals surface area contributed by atoms with Crippen LogP contribution in [0.5, 0.6) is 5.75 Å². The Morgan fingerprint density at radius 2 is 1.86 bits per heavy atom. The number of hydrogen-bond acceptors (Lipinski definition) is 6. The van der Waals surface area contributed by atoms with Gasteiger partial charge in [0.05, 0.1) is 24.1 Å². The van der Waals surface area contributed by atoms with Gasteiger partial charge in [-0.05, 0) is 24.3 Å². The van der Waals surface area contributed by atoms with E-state index in [2.05, 4.69) is 5.32 Å². The second-order valence-electron chi connectivity index (χ2n) is 6.91. The Morgan fingerprint density at radius 1 is 1.14 bits per heavy atom. The van der Waals surface area contributed by atoms with E-state index < -0.39 is 11.6 Å². The Bertz CT molecular complexity index is 930. The molecule has 0 saturated carbocycles. The van der Waals surface area contributed by atoms with Gasteiger partial charge in [0.2, 0.25) is 0 Å². The summed E-state index contributed by atoms with van der Waals surface area (Å²) in [6.45, 7) is 1.44. The molecule has 2 amide bonds. The number of carbonyl (C=O) groups excluding carboxylic acids is 3. The monoisotopic (exact) mass is 400 g/mol. The van der Waals surface area contributed by atoms with Crippen LogP contribution in [0.3, 0.4) is 0 Å². The van der Waals surface area contributed by atoms with Crippen molar-refractivity contribution in [3.8, 4) is 5.75 Å². The first kappa shape index (κ1) is 18.5. The number of esters is 1. The minimum atomic E-state index is -0.522. The summed E-state index contributed by atoms with van der Waals surface area (Å²) in [6, 6.07) is 10.5. The number of piperidine rings is 1. The Kier molecular flexibility index (Phi) is 4.80. The molecule has 1 spiro atoms. The van der Waals surface area contributed by atoms with Crippen LogP contribution in [0.1, 0.15) is 42.5 Å². The molecule has 7 nitrogen and oxygen atoms in total. The fourth-order valence-corrected chi connectivity index (χ4v) is 4.46. The highest BCUT2D eigenvalue weighted by molar-refractivity contribution is 7.15. The predicted octanol–water partition coefficient (Wildman–Crippen LogP) is 2.33. The molecular weight excluding hydrogens is 380 g/mol. The second-order valence-corrected chi connectivity index (χ2v) is 8.00. The largest absolute Gasteiger partial charge is 0.484 e. The van der Waals surface area contributed by atoms with Crippen LogP contribution >= 0.6 is 11.3 Å². The number of amides is 2. The maximum absolute atomic E-state index is 12.8. The average Bonchev–Trinajstić information content (AvgIpc) is 3.17. The summed E-state index contributed by atoms with van der Waals surface area (Å²) in [5.41, 5.74) is 0.0119. The van der Waals surface area contributed by atoms with Gasteiger partial charge in [-0.25, -0.2) is 4.79 Å². The van der Waals surface area contributed by atoms with Gasteiger partial charge in [0.25, 0.3) is 11.8 Å². The van der Waals surface area contributed by atoms with E-state index in [9.17, 15) is 14.4 Å². The highest BCUT2D eigenvalue weighted by Gasteiger charge is 2.41. The van der Waals surface area contributed by atoms with Crippen molar-refractivity contribution in [1.82, 2.24) is 10.2 Å². The molecule has 0 atom stereocenters. The van der Waals surface area contributed by atoms with Gasteiger partial charge < -0.3 is 19.7 Å². The number of benzene rings is 1. The van der Waals surface area contributed by atoms with E-state index in [1.165, 1.54) is 7.11 Å². The highest BCUT2D eigenvalue weighted by atomic mass is 32.1. The van der Waals surface area contributed by atoms with Crippen LogP contribution in [0.2, 0.25) is 0 Å². The summed E-state index contributed by atoms with van der Waals surface area (Å²) in [5.74, 6) is -0.103. The van der Waals surface area contributed by atoms with Crippen molar-refractivity contribution >= 4 is 29.1 Å². The summed E-state index contributed by atoms with van der Waals surface area (Å²) in [5, 5.41) is 2.94. The van der Waals surface area contributed by atoms with E-state index >= 15 is 0 Å². The van der Waals surface area contributed by atoms with Gasteiger partial charge in [-0.3, -0.25) is 9.59 Å². The number of rotatable bonds is 2. The molecule has 3 heterocycles. The molecule has 28 heavy (non-hydrogen) atoms. The average molecular weight is 400 g/mol. The van der Waals surface area contributed by atoms with E-state index in [-0.39, 0.29) is 11.8 Å². The van der Waals surface area contributed by atoms with Gasteiger partial charge in [0, 0.05) is 25.9 Å². The minimum Gasteiger partial charge on any atom is -0.484 e. The second kappa shape index (κ2) is 7.27. The Balaban J connectivity index is 1.46. The number of thiophene rings is 1. The topological polar surface area (TPSA) is 84.9 Å². The van der Waals surface area contributed by atoms with Crippen LogP contribution in [0.25, 0.3) is 0 Å². The number of hydrogen-bond donors (Lipinski definition) is 1. The van der Waals surface area contributed by atoms with Crippen molar-refractivity contribution < 1.29 is 23.9 Å². The molecule has 2 aromatic rings. The number of methoxy groups -OCH3 is 1. The molecule has 0 aliphatic carbocycles. The molecular formula is C20H20N2O5S. The summed E-state index contributed by atoms with van der Waals surface area (Å²) in [6.07, 6.45) is 1.23. The molecule has 1 aromatic carbocycles. The molecule has 0 bridgehead atoms. The van der Waals surface area contributed by atoms with Crippen molar-refractivity contribution in [3.63, 3.8) is 0 Å². The maximum atomic E-state index is 12.8. The van der Waals surface area contributed by atoms with Gasteiger partial charge in [0.15, 0.2) is 0 Å². The smallest absolute Gasteiger partial charge is 0.348 e. The number of fused-ring (bicyclic) bond motifs is 1. The number of nitrogens with one attached hydrogen (secondary N) is 1. The lowest BCUT2D eigenvalue weighted by atomic mass is 9.90. The summed E-state index contributed by atoms with van der Waals surface area (Å²) in [7, 11) is 1.32. The van der Waals surface area contributed by atoms with Crippen molar-refractivity contribution in [1.29, 1.82) is 0 Å². The SMILES string of the molecule is COC(=O)c1ccc(C(=O)N2CCC3(CC2)CNC(=O)c2ccccc2O3)s1. The first-order valence-electron chi connectivity index (χ1n) is 9.05. The Hall–Kier alpha value is -2.87. The van der Waals surface area contributed by atoms with Crippen molar-refractivity contribution in [3.05, 3.63) is 51.7 Å². The molecule has 2 aliphatic rings. The molecule has 2 aliphatic heterocycles. The van der Waals surface area contributed by atoms with Crippen LogP contribution < -0.4 is 10.1 Å². The highest BCUT2D eigenvalue weighted by Crippen LogP contribution is 2.33. The number of likely N-dealkylation sites (tertiary alicyclic amines) is 1. The Morgan fingerprint density at radius 3 is 2.61 bits per heavy atom. The number of ether oxygens (including phenoxy) is 2. The van der Waals surface area contributed by atoms with E-state index in [1.807, 2.05) is 12.1 Å². The lowest BCUT2D eigenvalue weighted by Gasteiger charge is -2.41. The first-order valence-corrected chi connectivity index (χ1v) is 9.87. The molecule has 0 unspecified atom stereocenters. The van der Waals surface area contributed by atoms with Crippen molar-refractivity contribution in [2.45, 2.75) is 18.4 Å². The Labute approximate surface area is 166 Å². The van der Waals surface area contributed by atoms with Crippen molar-refractivity contribution in [2.75, 3.05) is 26.7 Å². The normalized spacial score (nSPS) is 17.9. The van der Waals surface area contributed by atoms with Crippen LogP contribution in [-0.4, -0.2) is 55.0 Å². The van der Waals surface area contributed by atoms with E-state index in [4.69, 9.17) is 9.47 Å². The summed E-state index contributed by atoms with van der Waals surface area (Å²) in [4.78, 5) is 39.3. The predicted molar refractivity (Wildman–Crippen MR) is 103 cm³/mol. The molecule has 1 aromatic heterocycles. The molecule has 8 heteroatoms. The maximum Gasteiger partial charge on any atom is 0.348 e. The van der Waals surface area contributed by atoms with E-state index in [1.54, 1.807) is 29.2 Å². The third kappa shape index (κ3) is 3.35. The van der Waals surface area contributed by atoms with Gasteiger partial charge in [0.1, 0.15) is 16.2 Å². The molecule has 1 N–H and O–H groups in total. The summed E-state index contributed by atoms with van der Waals surface area (Å²) >= 11 is 1.13. The van der Waals surface area contributed by atoms with Gasteiger partial charge in [-0.2, -0.15) is 0 Å².